The lowest BCUT2D eigenvalue weighted by Crippen LogP contribution is -2.45. The highest BCUT2D eigenvalue weighted by Gasteiger charge is 2.29. The van der Waals surface area contributed by atoms with E-state index in [9.17, 15) is 8.42 Å². The predicted octanol–water partition coefficient (Wildman–Crippen LogP) is 0.752. The van der Waals surface area contributed by atoms with Gasteiger partial charge in [-0.1, -0.05) is 6.92 Å². The van der Waals surface area contributed by atoms with Crippen molar-refractivity contribution in [1.82, 2.24) is 10.0 Å². The smallest absolute Gasteiger partial charge is 0.216 e. The van der Waals surface area contributed by atoms with Crippen LogP contribution in [-0.2, 0) is 14.8 Å². The number of sulfonamides is 1. The minimum absolute atomic E-state index is 0. The molecule has 0 aromatic rings. The third-order valence-electron chi connectivity index (χ3n) is 3.44. The van der Waals surface area contributed by atoms with E-state index < -0.39 is 15.3 Å². The molecule has 0 spiro atoms. The lowest BCUT2D eigenvalue weighted by Gasteiger charge is -2.34. The average Bonchev–Trinajstić information content (AvgIpc) is 2.28. The third kappa shape index (κ3) is 5.40. The summed E-state index contributed by atoms with van der Waals surface area (Å²) in [6, 6.07) is 0. The van der Waals surface area contributed by atoms with E-state index in [2.05, 4.69) is 17.0 Å². The molecule has 1 rings (SSSR count). The molecule has 0 bridgehead atoms. The van der Waals surface area contributed by atoms with E-state index in [1.807, 2.05) is 0 Å². The third-order valence-corrected chi connectivity index (χ3v) is 5.18. The topological polar surface area (TPSA) is 67.4 Å². The zero-order chi connectivity index (χ0) is 12.9. The second kappa shape index (κ2) is 7.65. The summed E-state index contributed by atoms with van der Waals surface area (Å²) in [6.07, 6.45) is 2.02. The van der Waals surface area contributed by atoms with Crippen molar-refractivity contribution in [3.63, 3.8) is 0 Å². The van der Waals surface area contributed by atoms with Crippen molar-refractivity contribution in [2.24, 2.45) is 5.41 Å². The summed E-state index contributed by atoms with van der Waals surface area (Å²) in [5.74, 6) is 0. The number of halogens is 1. The van der Waals surface area contributed by atoms with Gasteiger partial charge in [-0.25, -0.2) is 13.1 Å². The van der Waals surface area contributed by atoms with Crippen molar-refractivity contribution in [3.8, 4) is 0 Å². The van der Waals surface area contributed by atoms with Crippen LogP contribution < -0.4 is 10.0 Å². The van der Waals surface area contributed by atoms with Gasteiger partial charge >= 0.3 is 0 Å². The maximum Gasteiger partial charge on any atom is 0.216 e. The summed E-state index contributed by atoms with van der Waals surface area (Å²) >= 11 is 0. The fourth-order valence-corrected chi connectivity index (χ4v) is 3.10. The maximum atomic E-state index is 11.9. The number of hydrogen-bond donors (Lipinski definition) is 2. The van der Waals surface area contributed by atoms with Crippen LogP contribution in [0.5, 0.6) is 0 Å². The van der Waals surface area contributed by atoms with Gasteiger partial charge in [0, 0.05) is 13.7 Å². The van der Waals surface area contributed by atoms with Crippen molar-refractivity contribution < 1.29 is 13.2 Å². The van der Waals surface area contributed by atoms with Crippen molar-refractivity contribution in [2.45, 2.75) is 31.9 Å². The number of methoxy groups -OCH3 is 1. The first-order valence-electron chi connectivity index (χ1n) is 6.08. The number of piperidine rings is 1. The van der Waals surface area contributed by atoms with Gasteiger partial charge in [-0.3, -0.25) is 0 Å². The molecule has 2 N–H and O–H groups in total. The van der Waals surface area contributed by atoms with E-state index in [1.165, 1.54) is 7.11 Å². The van der Waals surface area contributed by atoms with Crippen molar-refractivity contribution >= 4 is 22.4 Å². The Morgan fingerprint density at radius 3 is 2.44 bits per heavy atom. The number of nitrogens with one attached hydrogen (secondary N) is 2. The Morgan fingerprint density at radius 2 is 1.94 bits per heavy atom. The lowest BCUT2D eigenvalue weighted by molar-refractivity contribution is 0.199. The van der Waals surface area contributed by atoms with Gasteiger partial charge in [-0.15, -0.1) is 12.4 Å². The molecular weight excluding hydrogens is 276 g/mol. The van der Waals surface area contributed by atoms with Crippen LogP contribution in [0.3, 0.4) is 0 Å². The average molecular weight is 301 g/mol. The fourth-order valence-electron chi connectivity index (χ4n) is 1.95. The van der Waals surface area contributed by atoms with E-state index in [0.29, 0.717) is 6.54 Å². The molecule has 7 heteroatoms. The number of rotatable bonds is 6. The normalized spacial score (nSPS) is 21.1. The summed E-state index contributed by atoms with van der Waals surface area (Å²) in [5.41, 5.74) is 0.0745. The summed E-state index contributed by atoms with van der Waals surface area (Å²) in [4.78, 5) is 0. The fraction of sp³-hybridized carbons (Fsp3) is 1.00. The zero-order valence-corrected chi connectivity index (χ0v) is 13.0. The lowest BCUT2D eigenvalue weighted by atomic mass is 9.81. The van der Waals surface area contributed by atoms with Crippen LogP contribution in [-0.4, -0.2) is 47.0 Å². The molecule has 1 atom stereocenters. The van der Waals surface area contributed by atoms with E-state index in [0.717, 1.165) is 25.9 Å². The molecule has 1 unspecified atom stereocenters. The monoisotopic (exact) mass is 300 g/mol. The highest BCUT2D eigenvalue weighted by molar-refractivity contribution is 7.90. The molecule has 1 fully saturated rings. The number of hydrogen-bond acceptors (Lipinski definition) is 4. The van der Waals surface area contributed by atoms with Crippen LogP contribution in [0.2, 0.25) is 0 Å². The molecule has 1 aliphatic rings. The first-order chi connectivity index (χ1) is 7.90. The van der Waals surface area contributed by atoms with E-state index >= 15 is 0 Å². The van der Waals surface area contributed by atoms with Crippen LogP contribution in [0, 0.1) is 5.41 Å². The van der Waals surface area contributed by atoms with Crippen LogP contribution in [0.1, 0.15) is 26.7 Å². The number of ether oxygens (including phenoxy) is 1. The highest BCUT2D eigenvalue weighted by Crippen LogP contribution is 2.27. The summed E-state index contributed by atoms with van der Waals surface area (Å²) in [5, 5.41) is 2.78. The molecule has 1 aliphatic heterocycles. The second-order valence-corrected chi connectivity index (χ2v) is 7.38. The Balaban J connectivity index is 0.00000289. The Hall–Kier alpha value is 0.120. The predicted molar refractivity (Wildman–Crippen MR) is 75.7 cm³/mol. The summed E-state index contributed by atoms with van der Waals surface area (Å²) in [6.45, 7) is 6.48. The zero-order valence-electron chi connectivity index (χ0n) is 11.4. The van der Waals surface area contributed by atoms with Crippen molar-refractivity contribution in [3.05, 3.63) is 0 Å². The van der Waals surface area contributed by atoms with Crippen LogP contribution in [0.4, 0.5) is 0 Å². The molecular formula is C11H25ClN2O3S. The Morgan fingerprint density at radius 1 is 1.39 bits per heavy atom. The largest absolute Gasteiger partial charge is 0.383 e. The molecule has 1 saturated heterocycles. The first-order valence-corrected chi connectivity index (χ1v) is 7.62. The van der Waals surface area contributed by atoms with Crippen LogP contribution in [0.25, 0.3) is 0 Å². The standard InChI is InChI=1S/C11H24N2O3S.ClH/c1-10(8-16-3)17(14,15)13-9-11(2)4-6-12-7-5-11;/h10,12-13H,4-9H2,1-3H3;1H. The van der Waals surface area contributed by atoms with Crippen molar-refractivity contribution in [1.29, 1.82) is 0 Å². The van der Waals surface area contributed by atoms with Gasteiger partial charge in [0.1, 0.15) is 0 Å². The minimum Gasteiger partial charge on any atom is -0.383 e. The SMILES string of the molecule is COCC(C)S(=O)(=O)NCC1(C)CCNCC1.Cl. The molecule has 0 radical (unpaired) electrons. The van der Waals surface area contributed by atoms with E-state index in [4.69, 9.17) is 4.74 Å². The summed E-state index contributed by atoms with van der Waals surface area (Å²) < 4.78 is 31.4. The molecule has 0 aliphatic carbocycles. The molecule has 1 heterocycles. The second-order valence-electron chi connectivity index (χ2n) is 5.19. The van der Waals surface area contributed by atoms with Gasteiger partial charge in [0.05, 0.1) is 11.9 Å². The molecule has 0 aromatic heterocycles. The van der Waals surface area contributed by atoms with Gasteiger partial charge in [0.25, 0.3) is 0 Å². The molecule has 0 amide bonds. The quantitative estimate of drug-likeness (QED) is 0.760. The van der Waals surface area contributed by atoms with Gasteiger partial charge in [-0.2, -0.15) is 0 Å². The molecule has 110 valence electrons. The van der Waals surface area contributed by atoms with Gasteiger partial charge in [-0.05, 0) is 38.3 Å². The Labute approximate surface area is 117 Å². The summed E-state index contributed by atoms with van der Waals surface area (Å²) in [7, 11) is -1.74. The van der Waals surface area contributed by atoms with Crippen LogP contribution >= 0.6 is 12.4 Å². The van der Waals surface area contributed by atoms with Gasteiger partial charge < -0.3 is 10.1 Å². The molecule has 5 nitrogen and oxygen atoms in total. The van der Waals surface area contributed by atoms with E-state index in [-0.39, 0.29) is 24.4 Å². The Bertz CT molecular complexity index is 329. The van der Waals surface area contributed by atoms with Gasteiger partial charge in [0.15, 0.2) is 0 Å². The Kier molecular flexibility index (Phi) is 7.70. The highest BCUT2D eigenvalue weighted by atomic mass is 35.5. The minimum atomic E-state index is -3.26. The van der Waals surface area contributed by atoms with Crippen molar-refractivity contribution in [2.75, 3.05) is 33.4 Å². The first kappa shape index (κ1) is 18.1. The molecule has 0 saturated carbocycles. The molecule has 0 aromatic carbocycles. The molecule has 18 heavy (non-hydrogen) atoms. The maximum absolute atomic E-state index is 11.9. The van der Waals surface area contributed by atoms with E-state index in [1.54, 1.807) is 6.92 Å². The van der Waals surface area contributed by atoms with Crippen LogP contribution in [0.15, 0.2) is 0 Å². The van der Waals surface area contributed by atoms with Gasteiger partial charge in [0.2, 0.25) is 10.0 Å².